The number of benzene rings is 2. The zero-order valence-corrected chi connectivity index (χ0v) is 18.1. The van der Waals surface area contributed by atoms with Gasteiger partial charge in [-0.1, -0.05) is 29.8 Å². The van der Waals surface area contributed by atoms with Gasteiger partial charge in [-0.25, -0.2) is 4.98 Å². The van der Waals surface area contributed by atoms with Crippen molar-refractivity contribution in [2.45, 2.75) is 25.0 Å². The van der Waals surface area contributed by atoms with Gasteiger partial charge in [-0.05, 0) is 43.2 Å². The first-order chi connectivity index (χ1) is 14.8. The summed E-state index contributed by atoms with van der Waals surface area (Å²) in [5.41, 5.74) is 0.240. The lowest BCUT2D eigenvalue weighted by Crippen LogP contribution is -2.51. The number of halogens is 1. The van der Waals surface area contributed by atoms with Crippen molar-refractivity contribution >= 4 is 34.1 Å². The second-order valence-corrected chi connectivity index (χ2v) is 8.57. The third-order valence-electron chi connectivity index (χ3n) is 5.87. The van der Waals surface area contributed by atoms with Crippen LogP contribution in [0, 0.1) is 0 Å². The number of carbonyl (C=O) groups excluding carboxylic acids is 1. The van der Waals surface area contributed by atoms with E-state index < -0.39 is 5.60 Å². The maximum atomic E-state index is 12.8. The molecule has 0 radical (unpaired) electrons. The third kappa shape index (κ3) is 4.73. The van der Waals surface area contributed by atoms with Crippen LogP contribution in [0.4, 0.5) is 5.69 Å². The number of anilines is 1. The Kier molecular flexibility index (Phi) is 5.98. The van der Waals surface area contributed by atoms with Crippen molar-refractivity contribution in [2.75, 3.05) is 31.6 Å². The van der Waals surface area contributed by atoms with E-state index in [0.717, 1.165) is 5.69 Å². The minimum atomic E-state index is -1.06. The standard InChI is InChI=1S/C23H25ClN4O3/c1-26(18-5-3-2-4-6-18)14-21(29)27-11-9-23(31,10-12-27)15-28-16-25-20-13-17(24)7-8-19(20)22(28)30/h2-8,13,16,31H,9-12,14-15H2,1H3. The Morgan fingerprint density at radius 1 is 1.19 bits per heavy atom. The van der Waals surface area contributed by atoms with E-state index in [2.05, 4.69) is 4.98 Å². The van der Waals surface area contributed by atoms with Gasteiger partial charge in [0.15, 0.2) is 0 Å². The summed E-state index contributed by atoms with van der Waals surface area (Å²) < 4.78 is 1.44. The SMILES string of the molecule is CN(CC(=O)N1CCC(O)(Cn2cnc3cc(Cl)ccc3c2=O)CC1)c1ccccc1. The van der Waals surface area contributed by atoms with Gasteiger partial charge in [0, 0.05) is 30.8 Å². The monoisotopic (exact) mass is 440 g/mol. The Labute approximate surface area is 185 Å². The largest absolute Gasteiger partial charge is 0.388 e. The number of aromatic nitrogens is 2. The first-order valence-electron chi connectivity index (χ1n) is 10.3. The number of likely N-dealkylation sites (tertiary alicyclic amines) is 1. The van der Waals surface area contributed by atoms with Gasteiger partial charge < -0.3 is 14.9 Å². The Morgan fingerprint density at radius 3 is 2.61 bits per heavy atom. The van der Waals surface area contributed by atoms with Crippen LogP contribution in [0.25, 0.3) is 10.9 Å². The molecule has 1 aliphatic rings. The van der Waals surface area contributed by atoms with Gasteiger partial charge in [0.25, 0.3) is 5.56 Å². The van der Waals surface area contributed by atoms with Gasteiger partial charge in [0.05, 0.1) is 35.9 Å². The number of carbonyl (C=O) groups is 1. The summed E-state index contributed by atoms with van der Waals surface area (Å²) in [7, 11) is 1.89. The Bertz CT molecular complexity index is 1140. The molecule has 0 atom stereocenters. The van der Waals surface area contributed by atoms with Gasteiger partial charge in [0.2, 0.25) is 5.91 Å². The zero-order valence-electron chi connectivity index (χ0n) is 17.4. The van der Waals surface area contributed by atoms with Crippen LogP contribution in [-0.2, 0) is 11.3 Å². The summed E-state index contributed by atoms with van der Waals surface area (Å²) in [6.45, 7) is 1.31. The van der Waals surface area contributed by atoms with E-state index in [4.69, 9.17) is 11.6 Å². The summed E-state index contributed by atoms with van der Waals surface area (Å²) in [6.07, 6.45) is 2.25. The predicted octanol–water partition coefficient (Wildman–Crippen LogP) is 2.54. The highest BCUT2D eigenvalue weighted by molar-refractivity contribution is 6.31. The number of para-hydroxylation sites is 1. The molecule has 1 fully saturated rings. The molecule has 2 heterocycles. The van der Waals surface area contributed by atoms with Crippen molar-refractivity contribution in [2.24, 2.45) is 0 Å². The number of likely N-dealkylation sites (N-methyl/N-ethyl adjacent to an activating group) is 1. The third-order valence-corrected chi connectivity index (χ3v) is 6.10. The van der Waals surface area contributed by atoms with E-state index in [1.165, 1.54) is 10.9 Å². The fourth-order valence-corrected chi connectivity index (χ4v) is 4.13. The van der Waals surface area contributed by atoms with Crippen molar-refractivity contribution in [3.05, 3.63) is 70.2 Å². The number of hydrogen-bond donors (Lipinski definition) is 1. The molecular formula is C23H25ClN4O3. The first kappa shape index (κ1) is 21.3. The van der Waals surface area contributed by atoms with Crippen molar-refractivity contribution in [1.29, 1.82) is 0 Å². The van der Waals surface area contributed by atoms with Gasteiger partial charge in [0.1, 0.15) is 0 Å². The topological polar surface area (TPSA) is 78.7 Å². The Hall–Kier alpha value is -2.90. The molecule has 0 saturated carbocycles. The van der Waals surface area contributed by atoms with E-state index in [0.29, 0.717) is 41.9 Å². The number of aliphatic hydroxyl groups is 1. The lowest BCUT2D eigenvalue weighted by Gasteiger charge is -2.39. The molecule has 2 aromatic carbocycles. The minimum absolute atomic E-state index is 0.0230. The van der Waals surface area contributed by atoms with E-state index >= 15 is 0 Å². The van der Waals surface area contributed by atoms with E-state index in [1.54, 1.807) is 23.1 Å². The van der Waals surface area contributed by atoms with Crippen molar-refractivity contribution in [3.8, 4) is 0 Å². The Balaban J connectivity index is 1.39. The number of fused-ring (bicyclic) bond motifs is 1. The second-order valence-electron chi connectivity index (χ2n) is 8.14. The molecule has 31 heavy (non-hydrogen) atoms. The van der Waals surface area contributed by atoms with Gasteiger partial charge in [-0.3, -0.25) is 14.2 Å². The highest BCUT2D eigenvalue weighted by atomic mass is 35.5. The summed E-state index contributed by atoms with van der Waals surface area (Å²) >= 11 is 5.97. The quantitative estimate of drug-likeness (QED) is 0.659. The number of rotatable bonds is 5. The van der Waals surface area contributed by atoms with Crippen LogP contribution in [0.15, 0.2) is 59.7 Å². The number of piperidine rings is 1. The second kappa shape index (κ2) is 8.69. The predicted molar refractivity (Wildman–Crippen MR) is 121 cm³/mol. The molecule has 162 valence electrons. The molecule has 1 saturated heterocycles. The van der Waals surface area contributed by atoms with E-state index in [1.807, 2.05) is 42.3 Å². The van der Waals surface area contributed by atoms with E-state index in [-0.39, 0.29) is 24.6 Å². The summed E-state index contributed by atoms with van der Waals surface area (Å²) in [4.78, 5) is 33.5. The molecule has 4 rings (SSSR count). The molecule has 1 N–H and O–H groups in total. The maximum Gasteiger partial charge on any atom is 0.261 e. The molecule has 7 nitrogen and oxygen atoms in total. The van der Waals surface area contributed by atoms with Crippen molar-refractivity contribution in [3.63, 3.8) is 0 Å². The Morgan fingerprint density at radius 2 is 1.90 bits per heavy atom. The average molecular weight is 441 g/mol. The molecule has 1 amide bonds. The normalized spacial score (nSPS) is 15.8. The molecule has 1 aromatic heterocycles. The van der Waals surface area contributed by atoms with Crippen molar-refractivity contribution < 1.29 is 9.90 Å². The smallest absolute Gasteiger partial charge is 0.261 e. The van der Waals surface area contributed by atoms with Crippen molar-refractivity contribution in [1.82, 2.24) is 14.5 Å². The van der Waals surface area contributed by atoms with Crippen LogP contribution in [0.2, 0.25) is 5.02 Å². The van der Waals surface area contributed by atoms with Crippen LogP contribution in [0.3, 0.4) is 0 Å². The van der Waals surface area contributed by atoms with Gasteiger partial charge in [-0.15, -0.1) is 0 Å². The molecule has 0 spiro atoms. The molecule has 0 aliphatic carbocycles. The van der Waals surface area contributed by atoms with Crippen LogP contribution in [0.5, 0.6) is 0 Å². The fourth-order valence-electron chi connectivity index (χ4n) is 3.97. The molecule has 0 unspecified atom stereocenters. The lowest BCUT2D eigenvalue weighted by atomic mass is 9.91. The molecule has 3 aromatic rings. The number of hydrogen-bond acceptors (Lipinski definition) is 5. The molecule has 8 heteroatoms. The molecule has 0 bridgehead atoms. The van der Waals surface area contributed by atoms with Crippen LogP contribution >= 0.6 is 11.6 Å². The highest BCUT2D eigenvalue weighted by Gasteiger charge is 2.34. The summed E-state index contributed by atoms with van der Waals surface area (Å²) in [6, 6.07) is 14.7. The fraction of sp³-hybridized carbons (Fsp3) is 0.348. The van der Waals surface area contributed by atoms with Gasteiger partial charge >= 0.3 is 0 Å². The molecule has 1 aliphatic heterocycles. The average Bonchev–Trinajstić information content (AvgIpc) is 2.76. The summed E-state index contributed by atoms with van der Waals surface area (Å²) in [5, 5.41) is 12.1. The highest BCUT2D eigenvalue weighted by Crippen LogP contribution is 2.24. The minimum Gasteiger partial charge on any atom is -0.388 e. The number of nitrogens with zero attached hydrogens (tertiary/aromatic N) is 4. The van der Waals surface area contributed by atoms with Crippen LogP contribution in [-0.4, -0.2) is 57.7 Å². The lowest BCUT2D eigenvalue weighted by molar-refractivity contribution is -0.134. The van der Waals surface area contributed by atoms with Gasteiger partial charge in [-0.2, -0.15) is 0 Å². The van der Waals surface area contributed by atoms with Crippen LogP contribution in [0.1, 0.15) is 12.8 Å². The van der Waals surface area contributed by atoms with Crippen LogP contribution < -0.4 is 10.5 Å². The zero-order chi connectivity index (χ0) is 22.0. The maximum absolute atomic E-state index is 12.8. The number of amides is 1. The first-order valence-corrected chi connectivity index (χ1v) is 10.6. The van der Waals surface area contributed by atoms with E-state index in [9.17, 15) is 14.7 Å². The summed E-state index contributed by atoms with van der Waals surface area (Å²) in [5.74, 6) is 0.0230. The molecular weight excluding hydrogens is 416 g/mol.